The zero-order valence-corrected chi connectivity index (χ0v) is 16.6. The average molecular weight is 378 g/mol. The molecule has 5 nitrogen and oxygen atoms in total. The lowest BCUT2D eigenvalue weighted by atomic mass is 10.1. The normalized spacial score (nSPS) is 11.8. The van der Waals surface area contributed by atoms with Gasteiger partial charge >= 0.3 is 0 Å². The fraction of sp³-hybridized carbons (Fsp3) is 0.400. The van der Waals surface area contributed by atoms with Crippen molar-refractivity contribution in [1.82, 2.24) is 0 Å². The van der Waals surface area contributed by atoms with Crippen LogP contribution in [-0.4, -0.2) is 26.9 Å². The molecule has 0 radical (unpaired) electrons. The van der Waals surface area contributed by atoms with Gasteiger partial charge in [0.25, 0.3) is 0 Å². The number of rotatable bonds is 8. The molecule has 0 unspecified atom stereocenters. The number of anilines is 1. The van der Waals surface area contributed by atoms with E-state index in [-0.39, 0.29) is 5.60 Å². The highest BCUT2D eigenvalue weighted by Gasteiger charge is 2.11. The maximum absolute atomic E-state index is 11.2. The number of sulfonamides is 1. The van der Waals surface area contributed by atoms with E-state index >= 15 is 0 Å². The minimum atomic E-state index is -3.25. The van der Waals surface area contributed by atoms with Crippen molar-refractivity contribution >= 4 is 15.7 Å². The molecule has 0 aliphatic heterocycles. The highest BCUT2D eigenvalue weighted by molar-refractivity contribution is 7.92. The minimum absolute atomic E-state index is 0.193. The first-order valence-corrected chi connectivity index (χ1v) is 10.5. The van der Waals surface area contributed by atoms with E-state index in [4.69, 9.17) is 9.47 Å². The van der Waals surface area contributed by atoms with Crippen molar-refractivity contribution < 1.29 is 17.9 Å². The summed E-state index contributed by atoms with van der Waals surface area (Å²) in [7, 11) is -3.25. The molecule has 0 aromatic heterocycles. The molecule has 0 atom stereocenters. The van der Waals surface area contributed by atoms with Crippen LogP contribution in [0.5, 0.6) is 11.5 Å². The monoisotopic (exact) mass is 377 g/mol. The van der Waals surface area contributed by atoms with Crippen LogP contribution in [0.15, 0.2) is 48.5 Å². The predicted molar refractivity (Wildman–Crippen MR) is 106 cm³/mol. The molecule has 0 saturated carbocycles. The lowest BCUT2D eigenvalue weighted by Crippen LogP contribution is -2.22. The molecule has 1 N–H and O–H groups in total. The summed E-state index contributed by atoms with van der Waals surface area (Å²) in [5.41, 5.74) is 1.57. The van der Waals surface area contributed by atoms with Crippen LogP contribution in [0.25, 0.3) is 0 Å². The molecule has 0 amide bonds. The molecule has 0 heterocycles. The van der Waals surface area contributed by atoms with Gasteiger partial charge in [-0.1, -0.05) is 12.1 Å². The SMILES string of the molecule is CC(C)(C)Oc1ccc(CCCOc2ccc(NS(C)(=O)=O)cc2)cc1. The number of nitrogens with one attached hydrogen (secondary N) is 1. The first kappa shape index (κ1) is 20.1. The lowest BCUT2D eigenvalue weighted by Gasteiger charge is -2.21. The Morgan fingerprint density at radius 3 is 2.04 bits per heavy atom. The van der Waals surface area contributed by atoms with Gasteiger partial charge in [-0.2, -0.15) is 0 Å². The third kappa shape index (κ3) is 7.78. The molecule has 0 aliphatic carbocycles. The fourth-order valence-corrected chi connectivity index (χ4v) is 2.94. The molecule has 0 aliphatic rings. The molecular weight excluding hydrogens is 350 g/mol. The van der Waals surface area contributed by atoms with Crippen LogP contribution in [0.1, 0.15) is 32.8 Å². The first-order valence-electron chi connectivity index (χ1n) is 8.59. The van der Waals surface area contributed by atoms with E-state index in [1.807, 2.05) is 32.9 Å². The highest BCUT2D eigenvalue weighted by atomic mass is 32.2. The molecule has 2 rings (SSSR count). The van der Waals surface area contributed by atoms with Crippen molar-refractivity contribution in [2.75, 3.05) is 17.6 Å². The number of ether oxygens (including phenoxy) is 2. The van der Waals surface area contributed by atoms with E-state index in [0.717, 1.165) is 30.6 Å². The predicted octanol–water partition coefficient (Wildman–Crippen LogP) is 4.25. The van der Waals surface area contributed by atoms with E-state index in [9.17, 15) is 8.42 Å². The standard InChI is InChI=1S/C20H27NO4S/c1-20(2,3)25-19-11-7-16(8-12-19)6-5-15-24-18-13-9-17(10-14-18)21-26(4,22)23/h7-14,21H,5-6,15H2,1-4H3. The summed E-state index contributed by atoms with van der Waals surface area (Å²) in [4.78, 5) is 0. The van der Waals surface area contributed by atoms with Gasteiger partial charge in [-0.3, -0.25) is 4.72 Å². The van der Waals surface area contributed by atoms with Crippen molar-refractivity contribution in [2.24, 2.45) is 0 Å². The highest BCUT2D eigenvalue weighted by Crippen LogP contribution is 2.20. The molecule has 2 aromatic rings. The van der Waals surface area contributed by atoms with Crippen LogP contribution in [0, 0.1) is 0 Å². The van der Waals surface area contributed by atoms with Gasteiger partial charge in [0.15, 0.2) is 0 Å². The molecule has 0 fully saturated rings. The largest absolute Gasteiger partial charge is 0.494 e. The Hall–Kier alpha value is -2.21. The Kier molecular flexibility index (Phi) is 6.53. The van der Waals surface area contributed by atoms with Crippen LogP contribution in [0.4, 0.5) is 5.69 Å². The van der Waals surface area contributed by atoms with Gasteiger partial charge in [0.2, 0.25) is 10.0 Å². The Balaban J connectivity index is 1.75. The average Bonchev–Trinajstić information content (AvgIpc) is 2.52. The van der Waals surface area contributed by atoms with Gasteiger partial charge in [-0.15, -0.1) is 0 Å². The Bertz CT molecular complexity index is 791. The van der Waals surface area contributed by atoms with Gasteiger partial charge in [0, 0.05) is 5.69 Å². The van der Waals surface area contributed by atoms with Crippen LogP contribution < -0.4 is 14.2 Å². The molecule has 0 bridgehead atoms. The van der Waals surface area contributed by atoms with E-state index in [1.165, 1.54) is 5.56 Å². The van der Waals surface area contributed by atoms with Gasteiger partial charge in [-0.05, 0) is 75.6 Å². The first-order chi connectivity index (χ1) is 12.1. The van der Waals surface area contributed by atoms with Crippen molar-refractivity contribution in [3.05, 3.63) is 54.1 Å². The zero-order valence-electron chi connectivity index (χ0n) is 15.8. The number of hydrogen-bond donors (Lipinski definition) is 1. The summed E-state index contributed by atoms with van der Waals surface area (Å²) in [6.07, 6.45) is 2.94. The van der Waals surface area contributed by atoms with Crippen LogP contribution in [0.3, 0.4) is 0 Å². The third-order valence-corrected chi connectivity index (χ3v) is 3.99. The summed E-state index contributed by atoms with van der Waals surface area (Å²) in [6, 6.07) is 15.0. The number of benzene rings is 2. The maximum Gasteiger partial charge on any atom is 0.229 e. The molecular formula is C20H27NO4S. The summed E-state index contributed by atoms with van der Waals surface area (Å²) in [5.74, 6) is 1.60. The van der Waals surface area contributed by atoms with Gasteiger partial charge in [-0.25, -0.2) is 8.42 Å². The molecule has 0 saturated heterocycles. The summed E-state index contributed by atoms with van der Waals surface area (Å²) >= 11 is 0. The Morgan fingerprint density at radius 2 is 1.50 bits per heavy atom. The quantitative estimate of drug-likeness (QED) is 0.699. The second-order valence-electron chi connectivity index (χ2n) is 7.21. The molecule has 142 valence electrons. The van der Waals surface area contributed by atoms with Crippen LogP contribution in [-0.2, 0) is 16.4 Å². The minimum Gasteiger partial charge on any atom is -0.494 e. The zero-order chi connectivity index (χ0) is 19.2. The Labute approximate surface area is 156 Å². The molecule has 6 heteroatoms. The van der Waals surface area contributed by atoms with Crippen LogP contribution in [0.2, 0.25) is 0 Å². The topological polar surface area (TPSA) is 64.6 Å². The van der Waals surface area contributed by atoms with Gasteiger partial charge in [0.1, 0.15) is 17.1 Å². The maximum atomic E-state index is 11.2. The van der Waals surface area contributed by atoms with Crippen molar-refractivity contribution in [1.29, 1.82) is 0 Å². The second kappa shape index (κ2) is 8.45. The van der Waals surface area contributed by atoms with Gasteiger partial charge < -0.3 is 9.47 Å². The smallest absolute Gasteiger partial charge is 0.229 e. The second-order valence-corrected chi connectivity index (χ2v) is 8.96. The van der Waals surface area contributed by atoms with Gasteiger partial charge in [0.05, 0.1) is 12.9 Å². The Morgan fingerprint density at radius 1 is 0.923 bits per heavy atom. The summed E-state index contributed by atoms with van der Waals surface area (Å²) in [5, 5.41) is 0. The number of hydrogen-bond acceptors (Lipinski definition) is 4. The van der Waals surface area contributed by atoms with E-state index < -0.39 is 10.0 Å². The number of aryl methyl sites for hydroxylation is 1. The van der Waals surface area contributed by atoms with E-state index in [2.05, 4.69) is 16.9 Å². The summed E-state index contributed by atoms with van der Waals surface area (Å²) < 4.78 is 36.3. The summed E-state index contributed by atoms with van der Waals surface area (Å²) in [6.45, 7) is 6.69. The van der Waals surface area contributed by atoms with Crippen molar-refractivity contribution in [3.8, 4) is 11.5 Å². The van der Waals surface area contributed by atoms with Crippen LogP contribution >= 0.6 is 0 Å². The third-order valence-electron chi connectivity index (χ3n) is 3.38. The molecule has 26 heavy (non-hydrogen) atoms. The lowest BCUT2D eigenvalue weighted by molar-refractivity contribution is 0.131. The van der Waals surface area contributed by atoms with E-state index in [0.29, 0.717) is 12.3 Å². The molecule has 0 spiro atoms. The van der Waals surface area contributed by atoms with E-state index in [1.54, 1.807) is 24.3 Å². The molecule has 2 aromatic carbocycles. The van der Waals surface area contributed by atoms with Crippen molar-refractivity contribution in [2.45, 2.75) is 39.2 Å². The van der Waals surface area contributed by atoms with Crippen molar-refractivity contribution in [3.63, 3.8) is 0 Å². The fourth-order valence-electron chi connectivity index (χ4n) is 2.38.